The van der Waals surface area contributed by atoms with Crippen LogP contribution in [-0.2, 0) is 28.2 Å². The molecule has 9 heteroatoms. The minimum absolute atomic E-state index is 0.0947. The summed E-state index contributed by atoms with van der Waals surface area (Å²) in [4.78, 5) is 12.2. The van der Waals surface area contributed by atoms with Crippen LogP contribution in [0.5, 0.6) is 0 Å². The lowest BCUT2D eigenvalue weighted by Crippen LogP contribution is -2.29. The van der Waals surface area contributed by atoms with E-state index < -0.39 is 16.0 Å². The van der Waals surface area contributed by atoms with Crippen molar-refractivity contribution in [3.8, 4) is 0 Å². The monoisotopic (exact) mass is 433 g/mol. The van der Waals surface area contributed by atoms with Gasteiger partial charge in [0.05, 0.1) is 17.2 Å². The highest BCUT2D eigenvalue weighted by Gasteiger charge is 2.25. The van der Waals surface area contributed by atoms with E-state index in [1.54, 1.807) is 37.7 Å². The van der Waals surface area contributed by atoms with E-state index in [4.69, 9.17) is 9.15 Å². The Morgan fingerprint density at radius 2 is 1.97 bits per heavy atom. The van der Waals surface area contributed by atoms with E-state index in [1.165, 1.54) is 10.4 Å². The molecule has 2 heterocycles. The average molecular weight is 434 g/mol. The molecule has 8 nitrogen and oxygen atoms in total. The molecule has 0 aliphatic carbocycles. The van der Waals surface area contributed by atoms with Crippen molar-refractivity contribution in [3.05, 3.63) is 46.5 Å². The first kappa shape index (κ1) is 22.0. The molecule has 30 heavy (non-hydrogen) atoms. The van der Waals surface area contributed by atoms with E-state index in [0.717, 1.165) is 17.0 Å². The van der Waals surface area contributed by atoms with Crippen molar-refractivity contribution in [1.82, 2.24) is 14.1 Å². The van der Waals surface area contributed by atoms with Crippen molar-refractivity contribution in [2.45, 2.75) is 39.0 Å². The highest BCUT2D eigenvalue weighted by atomic mass is 32.2. The Morgan fingerprint density at radius 1 is 1.27 bits per heavy atom. The molecule has 162 valence electrons. The summed E-state index contributed by atoms with van der Waals surface area (Å²) >= 11 is 0. The number of hydrogen-bond donors (Lipinski definition) is 0. The second-order valence-electron chi connectivity index (χ2n) is 7.28. The Kier molecular flexibility index (Phi) is 6.05. The van der Waals surface area contributed by atoms with E-state index in [0.29, 0.717) is 29.5 Å². The zero-order valence-electron chi connectivity index (χ0n) is 18.1. The summed E-state index contributed by atoms with van der Waals surface area (Å²) in [7, 11) is -0.273. The van der Waals surface area contributed by atoms with Crippen LogP contribution in [0, 0.1) is 20.8 Å². The van der Waals surface area contributed by atoms with Gasteiger partial charge >= 0.3 is 5.97 Å². The summed E-state index contributed by atoms with van der Waals surface area (Å²) in [5.41, 5.74) is 3.99. The van der Waals surface area contributed by atoms with Crippen LogP contribution in [0.15, 0.2) is 27.5 Å². The van der Waals surface area contributed by atoms with E-state index in [2.05, 4.69) is 5.10 Å². The van der Waals surface area contributed by atoms with Crippen LogP contribution in [-0.4, -0.2) is 48.7 Å². The summed E-state index contributed by atoms with van der Waals surface area (Å²) < 4.78 is 39.9. The van der Waals surface area contributed by atoms with E-state index in [1.807, 2.05) is 20.9 Å². The Bertz CT molecular complexity index is 1210. The van der Waals surface area contributed by atoms with Crippen molar-refractivity contribution in [3.63, 3.8) is 0 Å². The first-order valence-corrected chi connectivity index (χ1v) is 11.2. The Morgan fingerprint density at radius 3 is 2.57 bits per heavy atom. The van der Waals surface area contributed by atoms with Crippen LogP contribution in [0.3, 0.4) is 0 Å². The second kappa shape index (κ2) is 8.23. The van der Waals surface area contributed by atoms with Crippen molar-refractivity contribution in [2.75, 3.05) is 20.2 Å². The third-order valence-corrected chi connectivity index (χ3v) is 7.27. The quantitative estimate of drug-likeness (QED) is 0.531. The van der Waals surface area contributed by atoms with Crippen LogP contribution in [0.25, 0.3) is 11.0 Å². The number of sulfonamides is 1. The van der Waals surface area contributed by atoms with Gasteiger partial charge in [-0.2, -0.15) is 5.10 Å². The van der Waals surface area contributed by atoms with Gasteiger partial charge < -0.3 is 9.15 Å². The van der Waals surface area contributed by atoms with Gasteiger partial charge in [-0.25, -0.2) is 17.5 Å². The highest BCUT2D eigenvalue weighted by Crippen LogP contribution is 2.29. The molecule has 0 aliphatic rings. The first-order chi connectivity index (χ1) is 14.1. The van der Waals surface area contributed by atoms with Gasteiger partial charge in [0.15, 0.2) is 0 Å². The maximum atomic E-state index is 13.1. The number of aromatic nitrogens is 2. The summed E-state index contributed by atoms with van der Waals surface area (Å²) in [5, 5.41) is 4.96. The third-order valence-electron chi connectivity index (χ3n) is 5.41. The molecule has 0 unspecified atom stereocenters. The molecule has 0 radical (unpaired) electrons. The SMILES string of the molecule is CCOC(=O)c1oc2ccc(S(=O)(=O)N(C)CCc3c(C)nn(C)c3C)cc2c1C. The molecular weight excluding hydrogens is 406 g/mol. The van der Waals surface area contributed by atoms with Crippen LogP contribution >= 0.6 is 0 Å². The highest BCUT2D eigenvalue weighted by molar-refractivity contribution is 7.89. The van der Waals surface area contributed by atoms with Gasteiger partial charge in [0.1, 0.15) is 5.58 Å². The molecule has 0 amide bonds. The molecule has 0 saturated heterocycles. The zero-order chi connectivity index (χ0) is 22.2. The molecule has 0 bridgehead atoms. The number of nitrogens with zero attached hydrogens (tertiary/aromatic N) is 3. The number of benzene rings is 1. The molecule has 0 aliphatic heterocycles. The van der Waals surface area contributed by atoms with E-state index in [-0.39, 0.29) is 17.3 Å². The van der Waals surface area contributed by atoms with Crippen molar-refractivity contribution < 1.29 is 22.4 Å². The molecule has 0 spiro atoms. The minimum atomic E-state index is -3.71. The minimum Gasteiger partial charge on any atom is -0.460 e. The van der Waals surface area contributed by atoms with Gasteiger partial charge in [-0.05, 0) is 57.9 Å². The van der Waals surface area contributed by atoms with Gasteiger partial charge in [0.2, 0.25) is 15.8 Å². The van der Waals surface area contributed by atoms with Crippen LogP contribution in [0.4, 0.5) is 0 Å². The number of rotatable bonds is 7. The molecular formula is C21H27N3O5S. The number of furan rings is 1. The van der Waals surface area contributed by atoms with Crippen LogP contribution < -0.4 is 0 Å². The maximum Gasteiger partial charge on any atom is 0.374 e. The predicted octanol–water partition coefficient (Wildman–Crippen LogP) is 3.13. The van der Waals surface area contributed by atoms with Crippen LogP contribution in [0.2, 0.25) is 0 Å². The zero-order valence-corrected chi connectivity index (χ0v) is 19.0. The predicted molar refractivity (Wildman–Crippen MR) is 113 cm³/mol. The number of hydrogen-bond acceptors (Lipinski definition) is 6. The molecule has 0 fully saturated rings. The lowest BCUT2D eigenvalue weighted by Gasteiger charge is -2.17. The molecule has 3 rings (SSSR count). The van der Waals surface area contributed by atoms with E-state index >= 15 is 0 Å². The fourth-order valence-electron chi connectivity index (χ4n) is 3.50. The van der Waals surface area contributed by atoms with Gasteiger partial charge in [-0.3, -0.25) is 4.68 Å². The van der Waals surface area contributed by atoms with Gasteiger partial charge in [0, 0.05) is 37.3 Å². The first-order valence-electron chi connectivity index (χ1n) is 9.73. The Balaban J connectivity index is 1.87. The molecule has 2 aromatic heterocycles. The Labute approximate surface area is 176 Å². The fraction of sp³-hybridized carbons (Fsp3) is 0.429. The number of carbonyl (C=O) groups is 1. The van der Waals surface area contributed by atoms with Gasteiger partial charge in [-0.15, -0.1) is 0 Å². The number of ether oxygens (including phenoxy) is 1. The van der Waals surface area contributed by atoms with Crippen molar-refractivity contribution in [2.24, 2.45) is 7.05 Å². The fourth-order valence-corrected chi connectivity index (χ4v) is 4.70. The number of carbonyl (C=O) groups excluding carboxylic acids is 1. The third kappa shape index (κ3) is 3.87. The summed E-state index contributed by atoms with van der Waals surface area (Å²) in [5.74, 6) is -0.466. The second-order valence-corrected chi connectivity index (χ2v) is 9.33. The lowest BCUT2D eigenvalue weighted by atomic mass is 10.1. The lowest BCUT2D eigenvalue weighted by molar-refractivity contribution is 0.0491. The number of likely N-dealkylation sites (N-methyl/N-ethyl adjacent to an activating group) is 1. The standard InChI is InChI=1S/C21H27N3O5S/c1-7-28-21(25)20-13(2)18-12-16(8-9-19(18)29-20)30(26,27)23(5)11-10-17-14(3)22-24(6)15(17)4/h8-9,12H,7,10-11H2,1-6H3. The molecule has 0 N–H and O–H groups in total. The smallest absolute Gasteiger partial charge is 0.374 e. The summed E-state index contributed by atoms with van der Waals surface area (Å²) in [6.45, 7) is 7.88. The maximum absolute atomic E-state index is 13.1. The molecule has 0 saturated carbocycles. The summed E-state index contributed by atoms with van der Waals surface area (Å²) in [6, 6.07) is 4.61. The Hall–Kier alpha value is -2.65. The molecule has 3 aromatic rings. The molecule has 1 aromatic carbocycles. The molecule has 0 atom stereocenters. The number of aryl methyl sites for hydroxylation is 3. The largest absolute Gasteiger partial charge is 0.460 e. The normalized spacial score (nSPS) is 12.1. The summed E-state index contributed by atoms with van der Waals surface area (Å²) in [6.07, 6.45) is 0.571. The van der Waals surface area contributed by atoms with Crippen molar-refractivity contribution in [1.29, 1.82) is 0 Å². The van der Waals surface area contributed by atoms with Crippen molar-refractivity contribution >= 4 is 27.0 Å². The number of fused-ring (bicyclic) bond motifs is 1. The van der Waals surface area contributed by atoms with E-state index in [9.17, 15) is 13.2 Å². The number of esters is 1. The van der Waals surface area contributed by atoms with Crippen LogP contribution in [0.1, 0.15) is 40.0 Å². The van der Waals surface area contributed by atoms with Gasteiger partial charge in [0.25, 0.3) is 0 Å². The topological polar surface area (TPSA) is 94.6 Å². The average Bonchev–Trinajstić information content (AvgIpc) is 3.15. The van der Waals surface area contributed by atoms with Gasteiger partial charge in [-0.1, -0.05) is 0 Å².